The predicted octanol–water partition coefficient (Wildman–Crippen LogP) is 2.06. The second-order valence-electron chi connectivity index (χ2n) is 2.06. The van der Waals surface area contributed by atoms with Gasteiger partial charge in [-0.15, -0.1) is 0 Å². The van der Waals surface area contributed by atoms with E-state index in [0.717, 1.165) is 13.2 Å². The number of halogens is 1. The van der Waals surface area contributed by atoms with Crippen LogP contribution in [0.5, 0.6) is 5.75 Å². The molecular formula is C8H9ClO2. The van der Waals surface area contributed by atoms with Gasteiger partial charge < -0.3 is 9.84 Å². The van der Waals surface area contributed by atoms with Crippen molar-refractivity contribution in [2.75, 3.05) is 13.2 Å². The molecular weight excluding hydrogens is 164 g/mol. The van der Waals surface area contributed by atoms with E-state index in [4.69, 9.17) is 16.7 Å². The van der Waals surface area contributed by atoms with Crippen molar-refractivity contribution >= 4 is 11.6 Å². The Morgan fingerprint density at radius 1 is 1.27 bits per heavy atom. The Morgan fingerprint density at radius 2 is 1.82 bits per heavy atom. The second-order valence-corrected chi connectivity index (χ2v) is 2.47. The van der Waals surface area contributed by atoms with Crippen molar-refractivity contribution in [1.29, 1.82) is 0 Å². The molecule has 1 aliphatic heterocycles. The molecule has 3 heteroatoms. The van der Waals surface area contributed by atoms with Crippen LogP contribution in [-0.4, -0.2) is 18.3 Å². The van der Waals surface area contributed by atoms with Gasteiger partial charge in [0.1, 0.15) is 5.75 Å². The lowest BCUT2D eigenvalue weighted by atomic mass is 10.3. The SMILES string of the molecule is C1CO1.Oc1ccccc1Cl. The third-order valence-corrected chi connectivity index (χ3v) is 1.38. The van der Waals surface area contributed by atoms with Gasteiger partial charge in [0.15, 0.2) is 0 Å². The van der Waals surface area contributed by atoms with Crippen LogP contribution in [0.25, 0.3) is 0 Å². The van der Waals surface area contributed by atoms with Gasteiger partial charge in [0.25, 0.3) is 0 Å². The summed E-state index contributed by atoms with van der Waals surface area (Å²) in [6.07, 6.45) is 0. The minimum absolute atomic E-state index is 0.133. The molecule has 2 nitrogen and oxygen atoms in total. The molecule has 1 saturated heterocycles. The quantitative estimate of drug-likeness (QED) is 0.608. The van der Waals surface area contributed by atoms with Gasteiger partial charge in [-0.1, -0.05) is 23.7 Å². The van der Waals surface area contributed by atoms with Gasteiger partial charge >= 0.3 is 0 Å². The van der Waals surface area contributed by atoms with E-state index >= 15 is 0 Å². The Labute approximate surface area is 70.4 Å². The van der Waals surface area contributed by atoms with E-state index in [2.05, 4.69) is 4.74 Å². The lowest BCUT2D eigenvalue weighted by Gasteiger charge is -1.89. The summed E-state index contributed by atoms with van der Waals surface area (Å²) >= 11 is 5.46. The Balaban J connectivity index is 0.000000167. The van der Waals surface area contributed by atoms with Crippen molar-refractivity contribution in [3.63, 3.8) is 0 Å². The van der Waals surface area contributed by atoms with Gasteiger partial charge in [0, 0.05) is 0 Å². The third-order valence-electron chi connectivity index (χ3n) is 1.06. The molecule has 0 amide bonds. The lowest BCUT2D eigenvalue weighted by Crippen LogP contribution is -1.62. The zero-order chi connectivity index (χ0) is 8.10. The highest BCUT2D eigenvalue weighted by molar-refractivity contribution is 6.31. The number of phenolic OH excluding ortho intramolecular Hbond substituents is 1. The van der Waals surface area contributed by atoms with Crippen molar-refractivity contribution < 1.29 is 9.84 Å². The maximum absolute atomic E-state index is 8.79. The fourth-order valence-corrected chi connectivity index (χ4v) is 0.587. The van der Waals surface area contributed by atoms with Crippen molar-refractivity contribution in [3.8, 4) is 5.75 Å². The Bertz CT molecular complexity index is 199. The van der Waals surface area contributed by atoms with E-state index in [0.29, 0.717) is 5.02 Å². The molecule has 1 aromatic carbocycles. The van der Waals surface area contributed by atoms with E-state index in [9.17, 15) is 0 Å². The summed E-state index contributed by atoms with van der Waals surface area (Å²) in [5, 5.41) is 9.18. The maximum Gasteiger partial charge on any atom is 0.134 e. The molecule has 0 bridgehead atoms. The van der Waals surface area contributed by atoms with Gasteiger partial charge in [0.2, 0.25) is 0 Å². The van der Waals surface area contributed by atoms with Gasteiger partial charge in [0.05, 0.1) is 18.2 Å². The zero-order valence-electron chi connectivity index (χ0n) is 5.96. The molecule has 1 heterocycles. The molecule has 2 rings (SSSR count). The Hall–Kier alpha value is -0.730. The number of epoxide rings is 1. The van der Waals surface area contributed by atoms with Gasteiger partial charge in [-0.3, -0.25) is 0 Å². The highest BCUT2D eigenvalue weighted by Crippen LogP contribution is 2.20. The van der Waals surface area contributed by atoms with Crippen LogP contribution >= 0.6 is 11.6 Å². The molecule has 0 aliphatic carbocycles. The molecule has 0 atom stereocenters. The van der Waals surface area contributed by atoms with Crippen molar-refractivity contribution in [2.45, 2.75) is 0 Å². The van der Waals surface area contributed by atoms with Crippen LogP contribution in [0.3, 0.4) is 0 Å². The van der Waals surface area contributed by atoms with Crippen molar-refractivity contribution in [1.82, 2.24) is 0 Å². The molecule has 60 valence electrons. The summed E-state index contributed by atoms with van der Waals surface area (Å²) in [4.78, 5) is 0. The maximum atomic E-state index is 8.79. The number of rotatable bonds is 0. The molecule has 1 fully saturated rings. The molecule has 11 heavy (non-hydrogen) atoms. The largest absolute Gasteiger partial charge is 0.506 e. The highest BCUT2D eigenvalue weighted by atomic mass is 35.5. The summed E-state index contributed by atoms with van der Waals surface area (Å²) in [6.45, 7) is 2.00. The molecule has 0 aromatic heterocycles. The van der Waals surface area contributed by atoms with Crippen LogP contribution in [0, 0.1) is 0 Å². The van der Waals surface area contributed by atoms with Crippen LogP contribution < -0.4 is 0 Å². The summed E-state index contributed by atoms with van der Waals surface area (Å²) in [5.41, 5.74) is 0. The molecule has 0 radical (unpaired) electrons. The minimum atomic E-state index is 0.133. The summed E-state index contributed by atoms with van der Waals surface area (Å²) in [7, 11) is 0. The average molecular weight is 173 g/mol. The molecule has 1 N–H and O–H groups in total. The van der Waals surface area contributed by atoms with E-state index in [-0.39, 0.29) is 5.75 Å². The number of ether oxygens (including phenoxy) is 1. The molecule has 0 saturated carbocycles. The average Bonchev–Trinajstić information content (AvgIpc) is 2.80. The number of aromatic hydroxyl groups is 1. The van der Waals surface area contributed by atoms with E-state index in [1.54, 1.807) is 24.3 Å². The van der Waals surface area contributed by atoms with E-state index in [1.165, 1.54) is 0 Å². The Morgan fingerprint density at radius 3 is 2.09 bits per heavy atom. The minimum Gasteiger partial charge on any atom is -0.506 e. The van der Waals surface area contributed by atoms with Crippen molar-refractivity contribution in [2.24, 2.45) is 0 Å². The first-order valence-corrected chi connectivity index (χ1v) is 3.70. The standard InChI is InChI=1S/C6H5ClO.C2H4O/c7-5-3-1-2-4-6(5)8;1-2-3-1/h1-4,8H;1-2H2. The lowest BCUT2D eigenvalue weighted by molar-refractivity contribution is 0.475. The first-order chi connectivity index (χ1) is 5.30. The molecule has 0 unspecified atom stereocenters. The Kier molecular flexibility index (Phi) is 3.20. The van der Waals surface area contributed by atoms with E-state index in [1.807, 2.05) is 0 Å². The van der Waals surface area contributed by atoms with E-state index < -0.39 is 0 Å². The third kappa shape index (κ3) is 3.86. The first kappa shape index (κ1) is 8.37. The summed E-state index contributed by atoms with van der Waals surface area (Å²) in [5.74, 6) is 0.133. The molecule has 1 aliphatic rings. The summed E-state index contributed by atoms with van der Waals surface area (Å²) in [6, 6.07) is 6.67. The van der Waals surface area contributed by atoms with Crippen LogP contribution in [0.4, 0.5) is 0 Å². The fraction of sp³-hybridized carbons (Fsp3) is 0.250. The van der Waals surface area contributed by atoms with Gasteiger partial charge in [-0.2, -0.15) is 0 Å². The topological polar surface area (TPSA) is 32.8 Å². The number of para-hydroxylation sites is 1. The number of hydrogen-bond donors (Lipinski definition) is 1. The summed E-state index contributed by atoms with van der Waals surface area (Å²) < 4.78 is 4.50. The van der Waals surface area contributed by atoms with Crippen LogP contribution in [0.1, 0.15) is 0 Å². The zero-order valence-corrected chi connectivity index (χ0v) is 6.71. The van der Waals surface area contributed by atoms with Gasteiger partial charge in [-0.25, -0.2) is 0 Å². The van der Waals surface area contributed by atoms with Gasteiger partial charge in [-0.05, 0) is 12.1 Å². The monoisotopic (exact) mass is 172 g/mol. The highest BCUT2D eigenvalue weighted by Gasteiger charge is 1.94. The first-order valence-electron chi connectivity index (χ1n) is 3.32. The normalized spacial score (nSPS) is 13.2. The fourth-order valence-electron chi connectivity index (χ4n) is 0.452. The number of hydrogen-bond acceptors (Lipinski definition) is 2. The van der Waals surface area contributed by atoms with Crippen molar-refractivity contribution in [3.05, 3.63) is 29.3 Å². The number of benzene rings is 1. The molecule has 0 spiro atoms. The smallest absolute Gasteiger partial charge is 0.134 e. The van der Waals surface area contributed by atoms with Crippen LogP contribution in [-0.2, 0) is 4.74 Å². The number of phenols is 1. The van der Waals surface area contributed by atoms with Crippen LogP contribution in [0.2, 0.25) is 5.02 Å². The predicted molar refractivity (Wildman–Crippen MR) is 43.9 cm³/mol. The molecule has 1 aromatic rings. The second kappa shape index (κ2) is 4.21. The van der Waals surface area contributed by atoms with Crippen LogP contribution in [0.15, 0.2) is 24.3 Å².